The van der Waals surface area contributed by atoms with Crippen molar-refractivity contribution in [1.29, 1.82) is 0 Å². The van der Waals surface area contributed by atoms with Crippen LogP contribution < -0.4 is 0 Å². The fourth-order valence-corrected chi connectivity index (χ4v) is 55.7. The summed E-state index contributed by atoms with van der Waals surface area (Å²) in [5, 5.41) is 0. The summed E-state index contributed by atoms with van der Waals surface area (Å²) in [6.45, 7) is 53.2. The van der Waals surface area contributed by atoms with Crippen LogP contribution in [0.15, 0.2) is 0 Å². The molecule has 0 unspecified atom stereocenters. The minimum Gasteiger partial charge on any atom is -0.461 e. The molecule has 0 N–H and O–H groups in total. The largest absolute Gasteiger partial charge is 0.469 e. The van der Waals surface area contributed by atoms with Gasteiger partial charge in [0.1, 0.15) is 19.5 Å². The number of hydrogen-bond acceptors (Lipinski definition) is 9. The second-order valence-electron chi connectivity index (χ2n) is 22.7. The predicted octanol–water partition coefficient (Wildman–Crippen LogP) is 10.6. The van der Waals surface area contributed by atoms with E-state index in [2.05, 4.69) is 151 Å². The van der Waals surface area contributed by atoms with Crippen molar-refractivity contribution in [3.63, 3.8) is 0 Å². The van der Waals surface area contributed by atoms with Gasteiger partial charge in [-0.05, 0) is 187 Å². The van der Waals surface area contributed by atoms with Crippen molar-refractivity contribution in [2.45, 2.75) is 199 Å². The molecule has 54 heavy (non-hydrogen) atoms. The zero-order chi connectivity index (χ0) is 42.9. The highest BCUT2D eigenvalue weighted by Gasteiger charge is 2.55. The predicted molar refractivity (Wildman–Crippen MR) is 269 cm³/mol. The molecule has 0 radical (unpaired) electrons. The van der Waals surface area contributed by atoms with Crippen molar-refractivity contribution in [2.75, 3.05) is 7.11 Å². The maximum absolute atomic E-state index is 7.78. The maximum Gasteiger partial charge on any atom is 0.469 e. The highest BCUT2D eigenvalue weighted by Crippen LogP contribution is 2.38. The normalized spacial score (nSPS) is 16.7. The Morgan fingerprint density at radius 2 is 0.556 bits per heavy atom. The molecule has 0 saturated heterocycles. The van der Waals surface area contributed by atoms with E-state index in [1.165, 1.54) is 0 Å². The monoisotopic (exact) mass is 984 g/mol. The Morgan fingerprint density at radius 1 is 0.296 bits per heavy atom. The van der Waals surface area contributed by atoms with Crippen molar-refractivity contribution in [3.05, 3.63) is 0 Å². The molecule has 0 aliphatic carbocycles. The summed E-state index contributed by atoms with van der Waals surface area (Å²) in [7, 11) is -23.5. The van der Waals surface area contributed by atoms with Crippen LogP contribution in [0.3, 0.4) is 0 Å². The Hall–Kier alpha value is 2.46. The van der Waals surface area contributed by atoms with Gasteiger partial charge in [0.2, 0.25) is 0 Å². The van der Waals surface area contributed by atoms with E-state index in [0.717, 1.165) is 48.4 Å². The van der Waals surface area contributed by atoms with E-state index >= 15 is 0 Å². The summed E-state index contributed by atoms with van der Waals surface area (Å²) in [4.78, 5) is 0. The van der Waals surface area contributed by atoms with Crippen molar-refractivity contribution in [3.8, 4) is 0 Å². The van der Waals surface area contributed by atoms with E-state index in [9.17, 15) is 0 Å². The molecule has 0 atom stereocenters. The molecule has 0 aromatic carbocycles. The minimum atomic E-state index is -3.23. The molecule has 0 spiro atoms. The van der Waals surface area contributed by atoms with E-state index in [1.54, 1.807) is 0 Å². The molecule has 0 aromatic heterocycles. The van der Waals surface area contributed by atoms with Gasteiger partial charge in [-0.1, -0.05) is 0 Å². The highest BCUT2D eigenvalue weighted by atomic mass is 28.5. The molecule has 0 amide bonds. The first-order valence-corrected chi connectivity index (χ1v) is 57.2. The molecule has 326 valence electrons. The molecule has 9 nitrogen and oxygen atoms in total. The average Bonchev–Trinajstić information content (AvgIpc) is 2.87. The van der Waals surface area contributed by atoms with Crippen LogP contribution in [0, 0.1) is 0 Å². The van der Waals surface area contributed by atoms with Crippen LogP contribution in [-0.4, -0.2) is 119 Å². The summed E-state index contributed by atoms with van der Waals surface area (Å²) < 4.78 is 63.6. The third kappa shape index (κ3) is 28.8. The average molecular weight is 986 g/mol. The van der Waals surface area contributed by atoms with E-state index in [4.69, 9.17) is 37.3 Å². The van der Waals surface area contributed by atoms with Crippen molar-refractivity contribution in [1.82, 2.24) is 0 Å². The van der Waals surface area contributed by atoms with E-state index < -0.39 is 112 Å². The fourth-order valence-electron chi connectivity index (χ4n) is 6.01. The first-order valence-electron chi connectivity index (χ1n) is 20.7. The lowest BCUT2D eigenvalue weighted by Gasteiger charge is -2.47. The molecule has 22 heteroatoms. The SMILES string of the molecule is CO[Si](C)(C)CC[Si](O[Si](C)(C)CC[SiH2]O[Si](C)(C)C)(O[Si](C)(C)CC[SiH2]O[Si](C)(C)C)O[Si](C)(C)CC[Si](O[Si](C)(C)C)(O[Si](C)(C)C)O[Si](C)(C)C. The van der Waals surface area contributed by atoms with Crippen LogP contribution in [0.4, 0.5) is 0 Å². The molecule has 0 aromatic rings. The minimum absolute atomic E-state index is 0.603. The van der Waals surface area contributed by atoms with Crippen LogP contribution >= 0.6 is 0 Å². The lowest BCUT2D eigenvalue weighted by Crippen LogP contribution is -2.63. The Kier molecular flexibility index (Phi) is 22.5. The van der Waals surface area contributed by atoms with Crippen molar-refractivity contribution in [2.24, 2.45) is 0 Å². The Morgan fingerprint density at radius 3 is 0.815 bits per heavy atom. The summed E-state index contributed by atoms with van der Waals surface area (Å²) in [5.41, 5.74) is 0. The first kappa shape index (κ1) is 56.5. The number of hydrogen-bond donors (Lipinski definition) is 0. The van der Waals surface area contributed by atoms with Gasteiger partial charge < -0.3 is 37.3 Å². The van der Waals surface area contributed by atoms with Gasteiger partial charge in [-0.15, -0.1) is 0 Å². The Balaban J connectivity index is 7.11. The molecule has 0 aliphatic heterocycles. The molecule has 0 aliphatic rings. The summed E-state index contributed by atoms with van der Waals surface area (Å²) in [6.07, 6.45) is 0. The first-order chi connectivity index (χ1) is 23.6. The highest BCUT2D eigenvalue weighted by molar-refractivity contribution is 6.93. The standard InChI is InChI=1S/C32H92O9Si13/c1-33-49(17,18)29-31-54(39-50(19,20)27-25-42-34-44(2,3)4,40-51(21,22)28-26-43-35-45(5,6)7)41-52(23,24)30-32-53(36-46(8,9)10,37-47(11,12)13)38-48(14,15)16/h25-32,42-43H2,1-24H3. The van der Waals surface area contributed by atoms with Gasteiger partial charge in [-0.3, -0.25) is 0 Å². The lowest BCUT2D eigenvalue weighted by atomic mass is 10.9. The fraction of sp³-hybridized carbons (Fsp3) is 1.00. The van der Waals surface area contributed by atoms with Crippen LogP contribution in [-0.2, 0) is 37.3 Å². The molecular formula is C32H92O9Si13. The van der Waals surface area contributed by atoms with Gasteiger partial charge in [-0.2, -0.15) is 0 Å². The zero-order valence-electron chi connectivity index (χ0n) is 40.2. The zero-order valence-corrected chi connectivity index (χ0v) is 54.1. The topological polar surface area (TPSA) is 83.1 Å². The molecule has 0 saturated carbocycles. The summed E-state index contributed by atoms with van der Waals surface area (Å²) in [6, 6.07) is 7.83. The summed E-state index contributed by atoms with van der Waals surface area (Å²) in [5.74, 6) is 0. The quantitative estimate of drug-likeness (QED) is 0.0538. The smallest absolute Gasteiger partial charge is 0.461 e. The maximum atomic E-state index is 7.78. The molecule has 0 fully saturated rings. The molecular weight excluding hydrogens is 893 g/mol. The molecule has 0 rings (SSSR count). The van der Waals surface area contributed by atoms with Crippen molar-refractivity contribution < 1.29 is 37.3 Å². The third-order valence-electron chi connectivity index (χ3n) is 8.22. The van der Waals surface area contributed by atoms with Gasteiger partial charge >= 0.3 is 17.6 Å². The van der Waals surface area contributed by atoms with Crippen LogP contribution in [0.1, 0.15) is 0 Å². The second kappa shape index (κ2) is 21.5. The van der Waals surface area contributed by atoms with E-state index in [1.807, 2.05) is 7.11 Å². The molecule has 0 heterocycles. The van der Waals surface area contributed by atoms with Gasteiger partial charge in [0.15, 0.2) is 74.9 Å². The van der Waals surface area contributed by atoms with Crippen LogP contribution in [0.2, 0.25) is 199 Å². The van der Waals surface area contributed by atoms with Gasteiger partial charge in [0.05, 0.1) is 0 Å². The van der Waals surface area contributed by atoms with Crippen molar-refractivity contribution >= 4 is 112 Å². The van der Waals surface area contributed by atoms with E-state index in [-0.39, 0.29) is 0 Å². The van der Waals surface area contributed by atoms with Crippen LogP contribution in [0.25, 0.3) is 0 Å². The Labute approximate surface area is 353 Å². The Bertz CT molecular complexity index is 1020. The van der Waals surface area contributed by atoms with Gasteiger partial charge in [-0.25, -0.2) is 0 Å². The lowest BCUT2D eigenvalue weighted by molar-refractivity contribution is 0.241. The van der Waals surface area contributed by atoms with Gasteiger partial charge in [0, 0.05) is 19.2 Å². The third-order valence-corrected chi connectivity index (χ3v) is 50.8. The van der Waals surface area contributed by atoms with Crippen LogP contribution in [0.5, 0.6) is 0 Å². The van der Waals surface area contributed by atoms with E-state index in [0.29, 0.717) is 0 Å². The van der Waals surface area contributed by atoms with Gasteiger partial charge in [0.25, 0.3) is 0 Å². The summed E-state index contributed by atoms with van der Waals surface area (Å²) >= 11 is 0. The molecule has 0 bridgehead atoms. The number of rotatable bonds is 29. The second-order valence-corrected chi connectivity index (χ2v) is 73.5.